The van der Waals surface area contributed by atoms with E-state index in [-0.39, 0.29) is 5.54 Å². The third-order valence-electron chi connectivity index (χ3n) is 3.82. The highest BCUT2D eigenvalue weighted by atomic mass is 16.5. The standard InChI is InChI=1S/C14H24N2O/c1-14(11-15,16-12-7-8-12)9-4-10-17-13-5-2-3-6-13/h12-13,16H,2-10H2,1H3. The second-order valence-corrected chi connectivity index (χ2v) is 5.74. The van der Waals surface area contributed by atoms with E-state index >= 15 is 0 Å². The summed E-state index contributed by atoms with van der Waals surface area (Å²) in [7, 11) is 0. The first-order valence-corrected chi connectivity index (χ1v) is 7.02. The second-order valence-electron chi connectivity index (χ2n) is 5.74. The Hall–Kier alpha value is -0.590. The molecule has 0 aliphatic heterocycles. The molecule has 0 bridgehead atoms. The van der Waals surface area contributed by atoms with Crippen molar-refractivity contribution in [2.75, 3.05) is 6.61 Å². The summed E-state index contributed by atoms with van der Waals surface area (Å²) < 4.78 is 5.83. The molecule has 2 saturated carbocycles. The van der Waals surface area contributed by atoms with Gasteiger partial charge in [-0.05, 0) is 45.4 Å². The number of hydrogen-bond donors (Lipinski definition) is 1. The van der Waals surface area contributed by atoms with E-state index in [9.17, 15) is 5.26 Å². The molecule has 0 radical (unpaired) electrons. The predicted octanol–water partition coefficient (Wildman–Crippen LogP) is 2.76. The maximum Gasteiger partial charge on any atom is 0.104 e. The lowest BCUT2D eigenvalue weighted by molar-refractivity contribution is 0.0536. The van der Waals surface area contributed by atoms with Crippen LogP contribution in [0.5, 0.6) is 0 Å². The van der Waals surface area contributed by atoms with E-state index in [0.717, 1.165) is 19.4 Å². The quantitative estimate of drug-likeness (QED) is 0.691. The van der Waals surface area contributed by atoms with Crippen LogP contribution in [0.25, 0.3) is 0 Å². The van der Waals surface area contributed by atoms with Crippen LogP contribution in [0.4, 0.5) is 0 Å². The Balaban J connectivity index is 1.60. The molecule has 1 atom stereocenters. The zero-order valence-electron chi connectivity index (χ0n) is 10.9. The van der Waals surface area contributed by atoms with Crippen LogP contribution in [0, 0.1) is 11.3 Å². The van der Waals surface area contributed by atoms with Gasteiger partial charge in [0.1, 0.15) is 5.54 Å². The Morgan fingerprint density at radius 1 is 1.29 bits per heavy atom. The monoisotopic (exact) mass is 236 g/mol. The Kier molecular flexibility index (Phi) is 4.42. The number of hydrogen-bond acceptors (Lipinski definition) is 3. The second kappa shape index (κ2) is 5.84. The molecule has 0 saturated heterocycles. The summed E-state index contributed by atoms with van der Waals surface area (Å²) in [5, 5.41) is 12.6. The summed E-state index contributed by atoms with van der Waals surface area (Å²) in [6.45, 7) is 2.83. The van der Waals surface area contributed by atoms with Crippen LogP contribution in [0.15, 0.2) is 0 Å². The smallest absolute Gasteiger partial charge is 0.104 e. The average molecular weight is 236 g/mol. The summed E-state index contributed by atoms with van der Waals surface area (Å²) >= 11 is 0. The van der Waals surface area contributed by atoms with Crippen molar-refractivity contribution in [3.05, 3.63) is 0 Å². The zero-order valence-corrected chi connectivity index (χ0v) is 10.9. The van der Waals surface area contributed by atoms with Crippen LogP contribution >= 0.6 is 0 Å². The van der Waals surface area contributed by atoms with Crippen molar-refractivity contribution in [1.29, 1.82) is 5.26 Å². The first-order valence-electron chi connectivity index (χ1n) is 7.02. The van der Waals surface area contributed by atoms with E-state index < -0.39 is 0 Å². The molecule has 0 aromatic carbocycles. The van der Waals surface area contributed by atoms with E-state index in [0.29, 0.717) is 12.1 Å². The molecule has 0 amide bonds. The van der Waals surface area contributed by atoms with Gasteiger partial charge in [-0.25, -0.2) is 0 Å². The van der Waals surface area contributed by atoms with Crippen molar-refractivity contribution in [2.45, 2.75) is 76.0 Å². The van der Waals surface area contributed by atoms with Crippen LogP contribution < -0.4 is 5.32 Å². The van der Waals surface area contributed by atoms with E-state index in [1.165, 1.54) is 38.5 Å². The Morgan fingerprint density at radius 3 is 2.59 bits per heavy atom. The molecule has 1 N–H and O–H groups in total. The SMILES string of the molecule is CC(C#N)(CCCOC1CCCC1)NC1CC1. The van der Waals surface area contributed by atoms with Crippen LogP contribution in [0.3, 0.4) is 0 Å². The summed E-state index contributed by atoms with van der Waals surface area (Å²) in [5.74, 6) is 0. The highest BCUT2D eigenvalue weighted by molar-refractivity contribution is 5.06. The van der Waals surface area contributed by atoms with Gasteiger partial charge in [-0.15, -0.1) is 0 Å². The van der Waals surface area contributed by atoms with Gasteiger partial charge in [-0.2, -0.15) is 5.26 Å². The zero-order chi connectivity index (χ0) is 12.1. The molecule has 0 heterocycles. The van der Waals surface area contributed by atoms with E-state index in [1.807, 2.05) is 6.92 Å². The molecule has 3 nitrogen and oxygen atoms in total. The minimum atomic E-state index is -0.347. The van der Waals surface area contributed by atoms with Crippen LogP contribution in [-0.4, -0.2) is 24.3 Å². The van der Waals surface area contributed by atoms with Gasteiger partial charge in [-0.3, -0.25) is 5.32 Å². The molecular formula is C14H24N2O. The molecule has 0 spiro atoms. The number of ether oxygens (including phenoxy) is 1. The molecule has 0 aromatic rings. The fourth-order valence-corrected chi connectivity index (χ4v) is 2.57. The van der Waals surface area contributed by atoms with Crippen molar-refractivity contribution in [2.24, 2.45) is 0 Å². The van der Waals surface area contributed by atoms with Crippen molar-refractivity contribution in [3.8, 4) is 6.07 Å². The summed E-state index contributed by atoms with van der Waals surface area (Å²) in [6.07, 6.45) is 9.96. The number of nitrogens with zero attached hydrogens (tertiary/aromatic N) is 1. The third kappa shape index (κ3) is 4.29. The average Bonchev–Trinajstić information content (AvgIpc) is 2.97. The van der Waals surface area contributed by atoms with Crippen molar-refractivity contribution >= 4 is 0 Å². The molecule has 2 aliphatic carbocycles. The van der Waals surface area contributed by atoms with Gasteiger partial charge in [0.15, 0.2) is 0 Å². The highest BCUT2D eigenvalue weighted by Gasteiger charge is 2.32. The van der Waals surface area contributed by atoms with Gasteiger partial charge >= 0.3 is 0 Å². The van der Waals surface area contributed by atoms with Gasteiger partial charge < -0.3 is 4.74 Å². The van der Waals surface area contributed by atoms with Crippen molar-refractivity contribution in [1.82, 2.24) is 5.32 Å². The lowest BCUT2D eigenvalue weighted by atomic mass is 9.98. The lowest BCUT2D eigenvalue weighted by Crippen LogP contribution is -2.42. The molecule has 2 rings (SSSR count). The van der Waals surface area contributed by atoms with Crippen molar-refractivity contribution in [3.63, 3.8) is 0 Å². The number of nitriles is 1. The first kappa shape index (κ1) is 12.9. The van der Waals surface area contributed by atoms with Gasteiger partial charge in [0.25, 0.3) is 0 Å². The number of nitrogens with one attached hydrogen (secondary N) is 1. The van der Waals surface area contributed by atoms with Gasteiger partial charge in [0, 0.05) is 12.6 Å². The normalized spacial score (nSPS) is 24.5. The van der Waals surface area contributed by atoms with Crippen LogP contribution in [0.2, 0.25) is 0 Å². The largest absolute Gasteiger partial charge is 0.378 e. The van der Waals surface area contributed by atoms with Crippen LogP contribution in [0.1, 0.15) is 58.3 Å². The molecule has 1 unspecified atom stereocenters. The predicted molar refractivity (Wildman–Crippen MR) is 67.6 cm³/mol. The molecule has 96 valence electrons. The molecular weight excluding hydrogens is 212 g/mol. The topological polar surface area (TPSA) is 45.0 Å². The van der Waals surface area contributed by atoms with Gasteiger partial charge in [0.05, 0.1) is 12.2 Å². The van der Waals surface area contributed by atoms with Crippen LogP contribution in [-0.2, 0) is 4.74 Å². The third-order valence-corrected chi connectivity index (χ3v) is 3.82. The Bertz CT molecular complexity index is 276. The van der Waals surface area contributed by atoms with E-state index in [1.54, 1.807) is 0 Å². The Morgan fingerprint density at radius 2 is 2.00 bits per heavy atom. The molecule has 3 heteroatoms. The lowest BCUT2D eigenvalue weighted by Gasteiger charge is -2.23. The van der Waals surface area contributed by atoms with E-state index in [4.69, 9.17) is 4.74 Å². The summed E-state index contributed by atoms with van der Waals surface area (Å²) in [5.41, 5.74) is -0.347. The summed E-state index contributed by atoms with van der Waals surface area (Å²) in [6, 6.07) is 3.00. The van der Waals surface area contributed by atoms with Gasteiger partial charge in [-0.1, -0.05) is 12.8 Å². The Labute approximate surface area is 105 Å². The molecule has 0 aromatic heterocycles. The van der Waals surface area contributed by atoms with E-state index in [2.05, 4.69) is 11.4 Å². The maximum atomic E-state index is 9.22. The number of rotatable bonds is 7. The van der Waals surface area contributed by atoms with Gasteiger partial charge in [0.2, 0.25) is 0 Å². The fourth-order valence-electron chi connectivity index (χ4n) is 2.57. The molecule has 2 aliphatic rings. The minimum absolute atomic E-state index is 0.347. The van der Waals surface area contributed by atoms with Crippen molar-refractivity contribution < 1.29 is 4.74 Å². The maximum absolute atomic E-state index is 9.22. The summed E-state index contributed by atoms with van der Waals surface area (Å²) in [4.78, 5) is 0. The first-order chi connectivity index (χ1) is 8.22. The fraction of sp³-hybridized carbons (Fsp3) is 0.929. The molecule has 2 fully saturated rings. The minimum Gasteiger partial charge on any atom is -0.378 e. The highest BCUT2D eigenvalue weighted by Crippen LogP contribution is 2.25. The molecule has 17 heavy (non-hydrogen) atoms.